The van der Waals surface area contributed by atoms with E-state index in [2.05, 4.69) is 10.00 Å². The van der Waals surface area contributed by atoms with Crippen molar-refractivity contribution in [1.29, 1.82) is 0 Å². The lowest BCUT2D eigenvalue weighted by Crippen LogP contribution is -2.47. The van der Waals surface area contributed by atoms with Crippen molar-refractivity contribution in [3.63, 3.8) is 0 Å². The molecule has 0 radical (unpaired) electrons. The van der Waals surface area contributed by atoms with E-state index < -0.39 is 0 Å². The second-order valence-corrected chi connectivity index (χ2v) is 3.61. The van der Waals surface area contributed by atoms with Crippen LogP contribution in [0.15, 0.2) is 18.5 Å². The molecule has 0 saturated carbocycles. The molecule has 1 saturated heterocycles. The van der Waals surface area contributed by atoms with Crippen molar-refractivity contribution in [2.75, 3.05) is 26.3 Å². The minimum Gasteiger partial charge on any atom is -0.379 e. The minimum absolute atomic E-state index is 0.0156. The first-order valence-corrected chi connectivity index (χ1v) is 5.14. The fraction of sp³-hybridized carbons (Fsp3) is 0.600. The van der Waals surface area contributed by atoms with Gasteiger partial charge >= 0.3 is 0 Å². The van der Waals surface area contributed by atoms with Gasteiger partial charge in [-0.05, 0) is 13.0 Å². The van der Waals surface area contributed by atoms with Crippen LogP contribution in [0, 0.1) is 0 Å². The summed E-state index contributed by atoms with van der Waals surface area (Å²) < 4.78 is 6.63. The van der Waals surface area contributed by atoms with Gasteiger partial charge in [0.1, 0.15) is 0 Å². The summed E-state index contributed by atoms with van der Waals surface area (Å²) in [7, 11) is 0. The van der Waals surface area contributed by atoms with Crippen molar-refractivity contribution in [3.05, 3.63) is 18.5 Å². The second kappa shape index (κ2) is 4.55. The molecule has 5 heteroatoms. The summed E-state index contributed by atoms with van der Waals surface area (Å²) >= 11 is 0. The summed E-state index contributed by atoms with van der Waals surface area (Å²) in [4.78, 5) is 14.0. The van der Waals surface area contributed by atoms with Crippen molar-refractivity contribution in [2.45, 2.75) is 13.0 Å². The van der Waals surface area contributed by atoms with Crippen LogP contribution in [-0.4, -0.2) is 52.9 Å². The number of ether oxygens (including phenoxy) is 1. The van der Waals surface area contributed by atoms with Crippen LogP contribution in [0.5, 0.6) is 0 Å². The molecule has 1 aromatic heterocycles. The van der Waals surface area contributed by atoms with E-state index in [0.29, 0.717) is 13.2 Å². The van der Waals surface area contributed by atoms with Gasteiger partial charge < -0.3 is 4.74 Å². The van der Waals surface area contributed by atoms with E-state index in [-0.39, 0.29) is 11.9 Å². The van der Waals surface area contributed by atoms with E-state index in [1.807, 2.05) is 6.92 Å². The lowest BCUT2D eigenvalue weighted by atomic mass is 10.2. The topological polar surface area (TPSA) is 47.4 Å². The maximum Gasteiger partial charge on any atom is 0.263 e. The van der Waals surface area contributed by atoms with Crippen molar-refractivity contribution in [3.8, 4) is 0 Å². The Morgan fingerprint density at radius 3 is 2.80 bits per heavy atom. The number of carbonyl (C=O) groups excluding carboxylic acids is 1. The highest BCUT2D eigenvalue weighted by molar-refractivity contribution is 5.82. The van der Waals surface area contributed by atoms with Crippen LogP contribution in [0.4, 0.5) is 0 Å². The predicted molar refractivity (Wildman–Crippen MR) is 54.7 cm³/mol. The molecule has 1 atom stereocenters. The Morgan fingerprint density at radius 2 is 2.20 bits per heavy atom. The van der Waals surface area contributed by atoms with Crippen LogP contribution in [0.2, 0.25) is 0 Å². The van der Waals surface area contributed by atoms with Gasteiger partial charge in [0.25, 0.3) is 5.91 Å². The summed E-state index contributed by atoms with van der Waals surface area (Å²) in [5, 5.41) is 3.94. The maximum atomic E-state index is 11.9. The van der Waals surface area contributed by atoms with Gasteiger partial charge in [0.2, 0.25) is 0 Å². The molecule has 0 spiro atoms. The Balaban J connectivity index is 2.00. The van der Waals surface area contributed by atoms with Gasteiger partial charge in [-0.15, -0.1) is 0 Å². The molecule has 1 unspecified atom stereocenters. The molecule has 1 aromatic rings. The van der Waals surface area contributed by atoms with Gasteiger partial charge in [0.05, 0.1) is 19.3 Å². The fourth-order valence-corrected chi connectivity index (χ4v) is 1.71. The Morgan fingerprint density at radius 1 is 1.47 bits per heavy atom. The number of hydrogen-bond acceptors (Lipinski definition) is 4. The van der Waals surface area contributed by atoms with E-state index in [1.165, 1.54) is 4.68 Å². The third-order valence-electron chi connectivity index (χ3n) is 2.68. The molecule has 0 bridgehead atoms. The first-order valence-electron chi connectivity index (χ1n) is 5.14. The lowest BCUT2D eigenvalue weighted by molar-refractivity contribution is 0.0176. The molecule has 0 N–H and O–H groups in total. The number of morpholine rings is 1. The maximum absolute atomic E-state index is 11.9. The molecular weight excluding hydrogens is 194 g/mol. The highest BCUT2D eigenvalue weighted by atomic mass is 16.5. The molecule has 2 heterocycles. The zero-order valence-corrected chi connectivity index (χ0v) is 8.80. The molecule has 1 aliphatic rings. The van der Waals surface area contributed by atoms with Gasteiger partial charge in [-0.1, -0.05) is 0 Å². The Kier molecular flexibility index (Phi) is 3.13. The van der Waals surface area contributed by atoms with Crippen LogP contribution in [-0.2, 0) is 4.74 Å². The molecule has 5 nitrogen and oxygen atoms in total. The third kappa shape index (κ3) is 2.24. The minimum atomic E-state index is -0.131. The summed E-state index contributed by atoms with van der Waals surface area (Å²) in [5.41, 5.74) is 0. The van der Waals surface area contributed by atoms with Crippen LogP contribution >= 0.6 is 0 Å². The summed E-state index contributed by atoms with van der Waals surface area (Å²) in [6.07, 6.45) is 3.29. The molecule has 2 rings (SSSR count). The summed E-state index contributed by atoms with van der Waals surface area (Å²) in [6, 6.07) is 1.62. The average molecular weight is 209 g/mol. The van der Waals surface area contributed by atoms with Crippen molar-refractivity contribution < 1.29 is 9.53 Å². The van der Waals surface area contributed by atoms with Crippen LogP contribution in [0.25, 0.3) is 0 Å². The third-order valence-corrected chi connectivity index (χ3v) is 2.68. The number of carbonyl (C=O) groups is 1. The largest absolute Gasteiger partial charge is 0.379 e. The van der Waals surface area contributed by atoms with E-state index >= 15 is 0 Å². The highest BCUT2D eigenvalue weighted by Crippen LogP contribution is 2.05. The van der Waals surface area contributed by atoms with Gasteiger partial charge in [-0.3, -0.25) is 9.69 Å². The molecule has 0 aromatic carbocycles. The molecule has 0 aliphatic carbocycles. The molecular formula is C10H15N3O2. The average Bonchev–Trinajstić information content (AvgIpc) is 2.82. The number of rotatable bonds is 2. The zero-order valence-electron chi connectivity index (χ0n) is 8.80. The Hall–Kier alpha value is -1.20. The standard InChI is InChI=1S/C10H15N3O2/c1-9(12-5-7-15-8-6-12)10(14)13-4-2-3-11-13/h2-4,9H,5-8H2,1H3. The van der Waals surface area contributed by atoms with Crippen LogP contribution in [0.1, 0.15) is 11.7 Å². The number of hydrogen-bond donors (Lipinski definition) is 0. The number of nitrogens with zero attached hydrogens (tertiary/aromatic N) is 3. The van der Waals surface area contributed by atoms with E-state index in [9.17, 15) is 4.79 Å². The summed E-state index contributed by atoms with van der Waals surface area (Å²) in [6.45, 7) is 4.95. The first kappa shape index (κ1) is 10.3. The van der Waals surface area contributed by atoms with Crippen LogP contribution in [0.3, 0.4) is 0 Å². The lowest BCUT2D eigenvalue weighted by Gasteiger charge is -2.30. The summed E-state index contributed by atoms with van der Waals surface area (Å²) in [5.74, 6) is 0.0156. The van der Waals surface area contributed by atoms with Gasteiger partial charge in [0, 0.05) is 25.5 Å². The SMILES string of the molecule is CC(C(=O)n1cccn1)N1CCOCC1. The van der Waals surface area contributed by atoms with Gasteiger partial charge in [0.15, 0.2) is 0 Å². The fourth-order valence-electron chi connectivity index (χ4n) is 1.71. The van der Waals surface area contributed by atoms with E-state index in [1.54, 1.807) is 18.5 Å². The molecule has 15 heavy (non-hydrogen) atoms. The number of aromatic nitrogens is 2. The van der Waals surface area contributed by atoms with E-state index in [0.717, 1.165) is 13.1 Å². The monoisotopic (exact) mass is 209 g/mol. The molecule has 0 amide bonds. The second-order valence-electron chi connectivity index (χ2n) is 3.61. The molecule has 1 aliphatic heterocycles. The van der Waals surface area contributed by atoms with E-state index in [4.69, 9.17) is 4.74 Å². The van der Waals surface area contributed by atoms with Crippen molar-refractivity contribution in [1.82, 2.24) is 14.7 Å². The van der Waals surface area contributed by atoms with Gasteiger partial charge in [-0.25, -0.2) is 4.68 Å². The zero-order chi connectivity index (χ0) is 10.7. The Labute approximate surface area is 88.6 Å². The Bertz CT molecular complexity index is 317. The van der Waals surface area contributed by atoms with Crippen LogP contribution < -0.4 is 0 Å². The van der Waals surface area contributed by atoms with Gasteiger partial charge in [-0.2, -0.15) is 5.10 Å². The predicted octanol–water partition coefficient (Wildman–Crippen LogP) is 0.244. The highest BCUT2D eigenvalue weighted by Gasteiger charge is 2.24. The first-order chi connectivity index (χ1) is 7.29. The quantitative estimate of drug-likeness (QED) is 0.700. The molecule has 82 valence electrons. The molecule has 1 fully saturated rings. The normalized spacial score (nSPS) is 20.1. The smallest absolute Gasteiger partial charge is 0.263 e. The van der Waals surface area contributed by atoms with Crippen molar-refractivity contribution in [2.24, 2.45) is 0 Å². The van der Waals surface area contributed by atoms with Crippen molar-refractivity contribution >= 4 is 5.91 Å².